The average molecular weight is 206 g/mol. The molecule has 4 nitrogen and oxygen atoms in total. The Balaban J connectivity index is 2.11. The molecule has 2 N–H and O–H groups in total. The first-order valence-corrected chi connectivity index (χ1v) is 5.47. The lowest BCUT2D eigenvalue weighted by molar-refractivity contribution is 0.368. The van der Waals surface area contributed by atoms with Gasteiger partial charge in [-0.3, -0.25) is 0 Å². The maximum absolute atomic E-state index is 5.84. The van der Waals surface area contributed by atoms with Gasteiger partial charge in [-0.25, -0.2) is 0 Å². The van der Waals surface area contributed by atoms with Gasteiger partial charge in [-0.05, 0) is 38.1 Å². The molecule has 2 unspecified atom stereocenters. The Morgan fingerprint density at radius 2 is 2.53 bits per heavy atom. The van der Waals surface area contributed by atoms with Gasteiger partial charge < -0.3 is 10.6 Å². The second kappa shape index (κ2) is 4.68. The van der Waals surface area contributed by atoms with Crippen molar-refractivity contribution in [3.63, 3.8) is 0 Å². The van der Waals surface area contributed by atoms with Crippen molar-refractivity contribution in [1.29, 1.82) is 0 Å². The third kappa shape index (κ3) is 2.33. The molecule has 2 heterocycles. The van der Waals surface area contributed by atoms with E-state index in [1.165, 1.54) is 13.0 Å². The maximum atomic E-state index is 5.84. The lowest BCUT2D eigenvalue weighted by atomic mass is 9.88. The number of nitrogens with two attached hydrogens (primary N) is 1. The van der Waals surface area contributed by atoms with Gasteiger partial charge in [0.1, 0.15) is 0 Å². The molecule has 1 fully saturated rings. The first-order chi connectivity index (χ1) is 7.31. The molecule has 82 valence electrons. The van der Waals surface area contributed by atoms with Crippen LogP contribution in [-0.2, 0) is 0 Å². The Morgan fingerprint density at radius 1 is 1.67 bits per heavy atom. The summed E-state index contributed by atoms with van der Waals surface area (Å²) < 4.78 is 0. The van der Waals surface area contributed by atoms with Gasteiger partial charge in [0, 0.05) is 25.2 Å². The van der Waals surface area contributed by atoms with E-state index in [1.807, 2.05) is 12.1 Å². The molecule has 0 spiro atoms. The van der Waals surface area contributed by atoms with Crippen LogP contribution in [0.2, 0.25) is 0 Å². The zero-order valence-corrected chi connectivity index (χ0v) is 9.13. The van der Waals surface area contributed by atoms with Crippen molar-refractivity contribution >= 4 is 0 Å². The van der Waals surface area contributed by atoms with Crippen molar-refractivity contribution < 1.29 is 0 Å². The summed E-state index contributed by atoms with van der Waals surface area (Å²) in [5.74, 6) is 1.00. The summed E-state index contributed by atoms with van der Waals surface area (Å²) in [6, 6.07) is 3.96. The fourth-order valence-corrected chi connectivity index (χ4v) is 2.36. The summed E-state index contributed by atoms with van der Waals surface area (Å²) >= 11 is 0. The molecular weight excluding hydrogens is 188 g/mol. The van der Waals surface area contributed by atoms with E-state index >= 15 is 0 Å². The van der Waals surface area contributed by atoms with Crippen LogP contribution in [0.3, 0.4) is 0 Å². The van der Waals surface area contributed by atoms with Gasteiger partial charge in [-0.1, -0.05) is 0 Å². The van der Waals surface area contributed by atoms with Crippen LogP contribution in [0.4, 0.5) is 0 Å². The van der Waals surface area contributed by atoms with E-state index < -0.39 is 0 Å². The van der Waals surface area contributed by atoms with Gasteiger partial charge >= 0.3 is 0 Å². The fraction of sp³-hybridized carbons (Fsp3) is 0.636. The van der Waals surface area contributed by atoms with E-state index in [9.17, 15) is 0 Å². The van der Waals surface area contributed by atoms with Crippen LogP contribution >= 0.6 is 0 Å². The highest BCUT2D eigenvalue weighted by molar-refractivity contribution is 5.09. The Kier molecular flexibility index (Phi) is 3.28. The summed E-state index contributed by atoms with van der Waals surface area (Å²) in [5.41, 5.74) is 6.89. The Morgan fingerprint density at radius 3 is 3.07 bits per heavy atom. The van der Waals surface area contributed by atoms with Crippen LogP contribution in [0, 0.1) is 5.92 Å². The molecule has 1 aliphatic heterocycles. The van der Waals surface area contributed by atoms with Gasteiger partial charge in [0.2, 0.25) is 0 Å². The first-order valence-electron chi connectivity index (χ1n) is 5.47. The predicted molar refractivity (Wildman–Crippen MR) is 59.4 cm³/mol. The topological polar surface area (TPSA) is 55.0 Å². The molecule has 2 rings (SSSR count). The van der Waals surface area contributed by atoms with E-state index in [2.05, 4.69) is 22.1 Å². The number of likely N-dealkylation sites (tertiary alicyclic amines) is 1. The molecule has 1 aromatic heterocycles. The van der Waals surface area contributed by atoms with Crippen LogP contribution in [-0.4, -0.2) is 41.8 Å². The third-order valence-electron chi connectivity index (χ3n) is 3.22. The van der Waals surface area contributed by atoms with Crippen molar-refractivity contribution in [2.45, 2.75) is 12.3 Å². The van der Waals surface area contributed by atoms with Gasteiger partial charge in [0.05, 0.1) is 5.69 Å². The summed E-state index contributed by atoms with van der Waals surface area (Å²) in [6.45, 7) is 2.96. The van der Waals surface area contributed by atoms with Crippen molar-refractivity contribution in [3.8, 4) is 0 Å². The Labute approximate surface area is 90.5 Å². The summed E-state index contributed by atoms with van der Waals surface area (Å²) in [6.07, 6.45) is 2.92. The molecule has 1 aliphatic rings. The lowest BCUT2D eigenvalue weighted by Gasteiger charge is -2.20. The summed E-state index contributed by atoms with van der Waals surface area (Å²) in [7, 11) is 2.16. The van der Waals surface area contributed by atoms with Crippen LogP contribution in [0.5, 0.6) is 0 Å². The number of hydrogen-bond donors (Lipinski definition) is 1. The molecule has 0 saturated carbocycles. The highest BCUT2D eigenvalue weighted by atomic mass is 15.1. The maximum Gasteiger partial charge on any atom is 0.0677 e. The van der Waals surface area contributed by atoms with Gasteiger partial charge in [0.15, 0.2) is 0 Å². The Bertz CT molecular complexity index is 301. The van der Waals surface area contributed by atoms with E-state index in [0.29, 0.717) is 18.4 Å². The standard InChI is InChI=1S/C11H18N4/c1-15-6-4-9(8-15)10(7-12)11-3-2-5-13-14-11/h2-3,5,9-10H,4,6-8,12H2,1H3. The van der Waals surface area contributed by atoms with Gasteiger partial charge in [-0.15, -0.1) is 0 Å². The molecule has 1 aromatic rings. The monoisotopic (exact) mass is 206 g/mol. The fourth-order valence-electron chi connectivity index (χ4n) is 2.36. The minimum Gasteiger partial charge on any atom is -0.330 e. The molecule has 15 heavy (non-hydrogen) atoms. The van der Waals surface area contributed by atoms with Crippen LogP contribution in [0.25, 0.3) is 0 Å². The highest BCUT2D eigenvalue weighted by Crippen LogP contribution is 2.29. The molecule has 0 aromatic carbocycles. The number of rotatable bonds is 3. The van der Waals surface area contributed by atoms with Gasteiger partial charge in [0.25, 0.3) is 0 Å². The molecule has 2 atom stereocenters. The highest BCUT2D eigenvalue weighted by Gasteiger charge is 2.28. The zero-order valence-electron chi connectivity index (χ0n) is 9.13. The van der Waals surface area contributed by atoms with Crippen molar-refractivity contribution in [2.75, 3.05) is 26.7 Å². The third-order valence-corrected chi connectivity index (χ3v) is 3.22. The number of hydrogen-bond acceptors (Lipinski definition) is 4. The average Bonchev–Trinajstić information content (AvgIpc) is 2.68. The number of aromatic nitrogens is 2. The molecule has 0 amide bonds. The SMILES string of the molecule is CN1CCC(C(CN)c2cccnn2)C1. The smallest absolute Gasteiger partial charge is 0.0677 e. The zero-order chi connectivity index (χ0) is 10.7. The van der Waals surface area contributed by atoms with Crippen LogP contribution in [0.15, 0.2) is 18.3 Å². The van der Waals surface area contributed by atoms with Crippen LogP contribution in [0.1, 0.15) is 18.0 Å². The van der Waals surface area contributed by atoms with Crippen LogP contribution < -0.4 is 5.73 Å². The summed E-state index contributed by atoms with van der Waals surface area (Å²) in [4.78, 5) is 2.35. The molecule has 0 bridgehead atoms. The second-order valence-electron chi connectivity index (χ2n) is 4.30. The van der Waals surface area contributed by atoms with E-state index in [4.69, 9.17) is 5.73 Å². The molecule has 0 radical (unpaired) electrons. The quantitative estimate of drug-likeness (QED) is 0.781. The normalized spacial score (nSPS) is 24.3. The largest absolute Gasteiger partial charge is 0.330 e. The Hall–Kier alpha value is -1.00. The van der Waals surface area contributed by atoms with E-state index in [0.717, 1.165) is 12.2 Å². The molecule has 4 heteroatoms. The molecule has 1 saturated heterocycles. The molecular formula is C11H18N4. The second-order valence-corrected chi connectivity index (χ2v) is 4.30. The first kappa shape index (κ1) is 10.5. The van der Waals surface area contributed by atoms with E-state index in [-0.39, 0.29) is 0 Å². The minimum absolute atomic E-state index is 0.364. The predicted octanol–water partition coefficient (Wildman–Crippen LogP) is 0.471. The lowest BCUT2D eigenvalue weighted by Crippen LogP contribution is -2.25. The van der Waals surface area contributed by atoms with Crippen molar-refractivity contribution in [1.82, 2.24) is 15.1 Å². The molecule has 0 aliphatic carbocycles. The van der Waals surface area contributed by atoms with Crippen molar-refractivity contribution in [3.05, 3.63) is 24.0 Å². The minimum atomic E-state index is 0.364. The van der Waals surface area contributed by atoms with Gasteiger partial charge in [-0.2, -0.15) is 10.2 Å². The van der Waals surface area contributed by atoms with Crippen molar-refractivity contribution in [2.24, 2.45) is 11.7 Å². The summed E-state index contributed by atoms with van der Waals surface area (Å²) in [5, 5.41) is 8.10. The number of nitrogens with zero attached hydrogens (tertiary/aromatic N) is 3. The van der Waals surface area contributed by atoms with E-state index in [1.54, 1.807) is 6.20 Å².